The Morgan fingerprint density at radius 1 is 1.18 bits per heavy atom. The predicted molar refractivity (Wildman–Crippen MR) is 175 cm³/mol. The van der Waals surface area contributed by atoms with Crippen molar-refractivity contribution in [1.29, 1.82) is 0 Å². The number of rotatable bonds is 14. The number of hydrogen-bond acceptors (Lipinski definition) is 16. The van der Waals surface area contributed by atoms with Gasteiger partial charge < -0.3 is 30.7 Å². The number of carbonyl (C=O) groups excluding carboxylic acids is 3. The second-order valence-electron chi connectivity index (χ2n) is 12.1. The number of ketones is 1. The molecule has 3 aromatic heterocycles. The van der Waals surface area contributed by atoms with Crippen LogP contribution in [0.4, 0.5) is 5.13 Å². The molecule has 20 nitrogen and oxygen atoms in total. The van der Waals surface area contributed by atoms with Gasteiger partial charge in [-0.25, -0.2) is 23.0 Å². The number of carboxylic acids is 1. The number of β-lactam (4-membered cyclic amide) rings is 1. The molecule has 1 atom stereocenters. The van der Waals surface area contributed by atoms with Gasteiger partial charge in [0.2, 0.25) is 22.8 Å². The Labute approximate surface area is 286 Å². The maximum absolute atomic E-state index is 13.4. The van der Waals surface area contributed by atoms with Gasteiger partial charge >= 0.3 is 11.7 Å². The second-order valence-corrected chi connectivity index (χ2v) is 14.8. The number of aromatic amines is 1. The quantitative estimate of drug-likeness (QED) is 0.0846. The van der Waals surface area contributed by atoms with Crippen molar-refractivity contribution in [2.45, 2.75) is 45.3 Å². The summed E-state index contributed by atoms with van der Waals surface area (Å²) in [5.74, 6) is -7.41. The van der Waals surface area contributed by atoms with Crippen LogP contribution < -0.4 is 16.9 Å². The van der Waals surface area contributed by atoms with Crippen molar-refractivity contribution in [3.05, 3.63) is 44.0 Å². The number of H-pyrrole nitrogens is 1. The van der Waals surface area contributed by atoms with Crippen LogP contribution in [0.1, 0.15) is 38.8 Å². The minimum Gasteiger partial charge on any atom is -0.503 e. The van der Waals surface area contributed by atoms with Crippen molar-refractivity contribution < 1.29 is 42.6 Å². The molecule has 268 valence electrons. The fourth-order valence-corrected chi connectivity index (χ4v) is 6.80. The Kier molecular flexibility index (Phi) is 10.1. The molecular formula is C28H33N9O11S2. The molecule has 2 fully saturated rings. The highest BCUT2D eigenvalue weighted by molar-refractivity contribution is 7.90. The number of nitrogens with two attached hydrogens (primary N) is 1. The SMILES string of the molecule is CC(C)(O/N=C(\C(=O)C[C@H]1CN(C(=O)CS(=O)(=O)n2nc(-c3cc(=O)c(O)c[nH]3)n(CCN3CCCC3)c2=O)C1=O)c1csc(N)n1)C(=O)O. The van der Waals surface area contributed by atoms with Crippen molar-refractivity contribution >= 4 is 55.8 Å². The van der Waals surface area contributed by atoms with Crippen molar-refractivity contribution in [2.75, 3.05) is 37.7 Å². The number of likely N-dealkylation sites (tertiary alicyclic amines) is 2. The Balaban J connectivity index is 1.31. The molecule has 2 aliphatic rings. The zero-order chi connectivity index (χ0) is 36.5. The lowest BCUT2D eigenvalue weighted by Gasteiger charge is -2.36. The van der Waals surface area contributed by atoms with Gasteiger partial charge in [-0.2, -0.15) is 0 Å². The molecule has 2 amide bonds. The van der Waals surface area contributed by atoms with E-state index in [9.17, 15) is 47.4 Å². The fraction of sp³-hybridized carbons (Fsp3) is 0.464. The van der Waals surface area contributed by atoms with Gasteiger partial charge in [0.05, 0.1) is 11.6 Å². The molecule has 2 aliphatic heterocycles. The van der Waals surface area contributed by atoms with Gasteiger partial charge in [-0.05, 0) is 39.8 Å². The number of oxime groups is 1. The molecule has 0 radical (unpaired) electrons. The van der Waals surface area contributed by atoms with Gasteiger partial charge in [0, 0.05) is 43.7 Å². The van der Waals surface area contributed by atoms with Crippen molar-refractivity contribution in [3.63, 3.8) is 0 Å². The number of aromatic nitrogens is 5. The average molecular weight is 736 g/mol. The van der Waals surface area contributed by atoms with E-state index in [4.69, 9.17) is 10.6 Å². The largest absolute Gasteiger partial charge is 0.503 e. The molecule has 0 saturated carbocycles. The number of aliphatic carboxylic acids is 1. The molecule has 0 bridgehead atoms. The molecule has 50 heavy (non-hydrogen) atoms. The number of Topliss-reactive ketones (excluding diaryl/α,β-unsaturated/α-hetero) is 1. The third-order valence-electron chi connectivity index (χ3n) is 8.04. The maximum atomic E-state index is 13.4. The standard InChI is InChI=1S/C28H33N9O11S2/c1-28(2,25(43)44)48-33-22(17-13-49-26(29)31-17)19(39)9-15-12-36(24(15)42)21(41)14-50(46,47)37-27(45)35(8-7-34-5-3-4-6-34)23(32-37)16-10-18(38)20(40)11-30-16/h10-11,13,15,40H,3-9,12,14H2,1-2H3,(H2,29,31)(H,30,38)(H,43,44)/b33-22-/t15-/m0/s1. The van der Waals surface area contributed by atoms with Gasteiger partial charge in [0.25, 0.3) is 10.0 Å². The first-order chi connectivity index (χ1) is 23.5. The van der Waals surface area contributed by atoms with Crippen LogP contribution in [0.5, 0.6) is 5.75 Å². The van der Waals surface area contributed by atoms with Crippen LogP contribution in [-0.4, -0.2) is 119 Å². The molecule has 0 aromatic carbocycles. The number of aromatic hydroxyl groups is 1. The van der Waals surface area contributed by atoms with E-state index in [2.05, 4.69) is 25.1 Å². The summed E-state index contributed by atoms with van der Waals surface area (Å²) in [4.78, 5) is 90.4. The number of nitrogens with one attached hydrogen (secondary N) is 1. The first-order valence-electron chi connectivity index (χ1n) is 15.1. The van der Waals surface area contributed by atoms with Crippen LogP contribution in [0.15, 0.2) is 32.4 Å². The van der Waals surface area contributed by atoms with Gasteiger partial charge in [0.15, 0.2) is 34.0 Å². The summed E-state index contributed by atoms with van der Waals surface area (Å²) in [5.41, 5.74) is 1.44. The van der Waals surface area contributed by atoms with Crippen LogP contribution in [-0.2, 0) is 40.6 Å². The van der Waals surface area contributed by atoms with E-state index >= 15 is 0 Å². The molecule has 5 heterocycles. The molecule has 3 aromatic rings. The number of carboxylic acid groups (broad SMARTS) is 1. The van der Waals surface area contributed by atoms with Gasteiger partial charge in [-0.1, -0.05) is 5.16 Å². The highest BCUT2D eigenvalue weighted by Gasteiger charge is 2.44. The summed E-state index contributed by atoms with van der Waals surface area (Å²) in [6, 6.07) is 0.949. The number of carbonyl (C=O) groups is 4. The summed E-state index contributed by atoms with van der Waals surface area (Å²) in [7, 11) is -4.81. The number of hydrogen-bond donors (Lipinski definition) is 4. The zero-order valence-corrected chi connectivity index (χ0v) is 28.4. The lowest BCUT2D eigenvalue weighted by molar-refractivity contribution is -0.161. The summed E-state index contributed by atoms with van der Waals surface area (Å²) in [5, 5.41) is 28.0. The first-order valence-corrected chi connectivity index (χ1v) is 17.6. The summed E-state index contributed by atoms with van der Waals surface area (Å²) in [6.45, 7) is 3.99. The second kappa shape index (κ2) is 14.0. The number of thiazole rings is 1. The third-order valence-corrected chi connectivity index (χ3v) is 10.1. The van der Waals surface area contributed by atoms with Crippen LogP contribution in [0.3, 0.4) is 0 Å². The summed E-state index contributed by atoms with van der Waals surface area (Å²) >= 11 is 0.974. The summed E-state index contributed by atoms with van der Waals surface area (Å²) in [6.07, 6.45) is 2.38. The molecule has 2 saturated heterocycles. The van der Waals surface area contributed by atoms with Crippen molar-refractivity contribution in [1.82, 2.24) is 33.5 Å². The average Bonchev–Trinajstić information content (AvgIpc) is 3.80. The monoisotopic (exact) mass is 735 g/mol. The Bertz CT molecular complexity index is 2110. The van der Waals surface area contributed by atoms with Crippen LogP contribution in [0.25, 0.3) is 11.5 Å². The maximum Gasteiger partial charge on any atom is 0.360 e. The zero-order valence-electron chi connectivity index (χ0n) is 26.8. The number of amides is 2. The molecule has 22 heteroatoms. The van der Waals surface area contributed by atoms with E-state index in [1.54, 1.807) is 0 Å². The number of pyridine rings is 1. The highest BCUT2D eigenvalue weighted by Crippen LogP contribution is 2.25. The van der Waals surface area contributed by atoms with E-state index in [1.165, 1.54) is 19.2 Å². The van der Waals surface area contributed by atoms with Gasteiger partial charge in [-0.15, -0.1) is 20.5 Å². The van der Waals surface area contributed by atoms with Gasteiger partial charge in [-0.3, -0.25) is 28.6 Å². The Morgan fingerprint density at radius 2 is 1.88 bits per heavy atom. The van der Waals surface area contributed by atoms with Crippen molar-refractivity contribution in [2.24, 2.45) is 11.1 Å². The number of nitrogen functional groups attached to an aromatic ring is 1. The Morgan fingerprint density at radius 3 is 2.48 bits per heavy atom. The molecule has 5 N–H and O–H groups in total. The van der Waals surface area contributed by atoms with Crippen molar-refractivity contribution in [3.8, 4) is 17.3 Å². The number of imide groups is 1. The third kappa shape index (κ3) is 7.50. The minimum absolute atomic E-state index is 0.00150. The fourth-order valence-electron chi connectivity index (χ4n) is 5.12. The van der Waals surface area contributed by atoms with Gasteiger partial charge in [0.1, 0.15) is 5.69 Å². The normalized spacial score (nSPS) is 17.2. The Hall–Kier alpha value is -5.22. The van der Waals surface area contributed by atoms with E-state index in [0.29, 0.717) is 11.4 Å². The topological polar surface area (TPSA) is 283 Å². The first kappa shape index (κ1) is 36.1. The highest BCUT2D eigenvalue weighted by atomic mass is 32.2. The predicted octanol–water partition coefficient (Wildman–Crippen LogP) is -1.35. The molecular weight excluding hydrogens is 702 g/mol. The van der Waals surface area contributed by atoms with E-state index < -0.39 is 79.9 Å². The smallest absolute Gasteiger partial charge is 0.360 e. The van der Waals surface area contributed by atoms with Crippen LogP contribution >= 0.6 is 11.3 Å². The van der Waals surface area contributed by atoms with Crippen LogP contribution in [0, 0.1) is 5.92 Å². The molecule has 0 aliphatic carbocycles. The molecule has 0 spiro atoms. The minimum atomic E-state index is -4.81. The summed E-state index contributed by atoms with van der Waals surface area (Å²) < 4.78 is 27.9. The molecule has 5 rings (SSSR count). The van der Waals surface area contributed by atoms with Crippen LogP contribution in [0.2, 0.25) is 0 Å². The lowest BCUT2D eigenvalue weighted by atomic mass is 9.91. The van der Waals surface area contributed by atoms with E-state index in [0.717, 1.165) is 54.1 Å². The van der Waals surface area contributed by atoms with E-state index in [1.807, 2.05) is 0 Å². The number of nitrogens with zero attached hydrogens (tertiary/aromatic N) is 7. The van der Waals surface area contributed by atoms with E-state index in [-0.39, 0.29) is 39.5 Å². The lowest BCUT2D eigenvalue weighted by Crippen LogP contribution is -2.57. The number of anilines is 1. The molecule has 0 unspecified atom stereocenters.